The molecule has 0 fully saturated rings. The number of nitrogens with zero attached hydrogens (tertiary/aromatic N) is 5. The third-order valence-electron chi connectivity index (χ3n) is 3.97. The van der Waals surface area contributed by atoms with Crippen LogP contribution in [0.3, 0.4) is 0 Å². The van der Waals surface area contributed by atoms with Gasteiger partial charge in [-0.2, -0.15) is 4.80 Å². The first-order valence-corrected chi connectivity index (χ1v) is 9.23. The van der Waals surface area contributed by atoms with Gasteiger partial charge in [0.2, 0.25) is 5.82 Å². The number of benzene rings is 1. The molecule has 0 saturated carbocycles. The molecule has 9 heteroatoms. The Hall–Kier alpha value is -3.49. The fourth-order valence-corrected chi connectivity index (χ4v) is 2.48. The first-order chi connectivity index (χ1) is 13.6. The summed E-state index contributed by atoms with van der Waals surface area (Å²) in [7, 11) is 0. The first-order valence-electron chi connectivity index (χ1n) is 9.23. The van der Waals surface area contributed by atoms with Crippen molar-refractivity contribution in [1.29, 1.82) is 0 Å². The van der Waals surface area contributed by atoms with E-state index in [1.54, 1.807) is 0 Å². The highest BCUT2D eigenvalue weighted by atomic mass is 16.2. The van der Waals surface area contributed by atoms with Crippen molar-refractivity contribution in [3.8, 4) is 11.4 Å². The van der Waals surface area contributed by atoms with E-state index in [2.05, 4.69) is 36.3 Å². The van der Waals surface area contributed by atoms with E-state index >= 15 is 0 Å². The molecule has 146 valence electrons. The fourth-order valence-electron chi connectivity index (χ4n) is 2.48. The highest BCUT2D eigenvalue weighted by Gasteiger charge is 2.07. The molecule has 0 atom stereocenters. The topological polar surface area (TPSA) is 110 Å². The number of hydrogen-bond donors (Lipinski definition) is 3. The Balaban J connectivity index is 1.42. The Labute approximate surface area is 163 Å². The second-order valence-corrected chi connectivity index (χ2v) is 6.26. The Morgan fingerprint density at radius 3 is 2.82 bits per heavy atom. The van der Waals surface area contributed by atoms with Crippen LogP contribution in [0, 0.1) is 6.92 Å². The zero-order valence-electron chi connectivity index (χ0n) is 16.0. The van der Waals surface area contributed by atoms with E-state index in [4.69, 9.17) is 0 Å². The zero-order chi connectivity index (χ0) is 19.8. The molecule has 28 heavy (non-hydrogen) atoms. The van der Waals surface area contributed by atoms with Crippen LogP contribution < -0.4 is 16.0 Å². The van der Waals surface area contributed by atoms with Gasteiger partial charge in [0.15, 0.2) is 0 Å². The molecule has 0 radical (unpaired) electrons. The molecule has 2 heterocycles. The number of tetrazole rings is 1. The van der Waals surface area contributed by atoms with Crippen LogP contribution in [-0.2, 0) is 6.54 Å². The van der Waals surface area contributed by atoms with Gasteiger partial charge in [-0.3, -0.25) is 0 Å². The molecule has 0 spiro atoms. The molecular formula is C19H24N8O. The van der Waals surface area contributed by atoms with Crippen molar-refractivity contribution in [2.75, 3.05) is 23.7 Å². The van der Waals surface area contributed by atoms with Crippen molar-refractivity contribution in [3.63, 3.8) is 0 Å². The van der Waals surface area contributed by atoms with Gasteiger partial charge >= 0.3 is 6.03 Å². The van der Waals surface area contributed by atoms with Gasteiger partial charge in [0.25, 0.3) is 0 Å². The third kappa shape index (κ3) is 5.50. The molecule has 3 N–H and O–H groups in total. The smallest absolute Gasteiger partial charge is 0.319 e. The van der Waals surface area contributed by atoms with E-state index in [9.17, 15) is 4.79 Å². The van der Waals surface area contributed by atoms with Crippen molar-refractivity contribution in [3.05, 3.63) is 48.2 Å². The van der Waals surface area contributed by atoms with Crippen LogP contribution in [0.4, 0.5) is 16.3 Å². The Morgan fingerprint density at radius 2 is 2.07 bits per heavy atom. The largest absolute Gasteiger partial charge is 0.370 e. The molecule has 3 rings (SSSR count). The van der Waals surface area contributed by atoms with Crippen LogP contribution in [0.1, 0.15) is 18.9 Å². The molecule has 0 aliphatic heterocycles. The van der Waals surface area contributed by atoms with Crippen LogP contribution in [0.2, 0.25) is 0 Å². The summed E-state index contributed by atoms with van der Waals surface area (Å²) in [5.41, 5.74) is 2.59. The Kier molecular flexibility index (Phi) is 6.50. The summed E-state index contributed by atoms with van der Waals surface area (Å²) in [6.45, 7) is 5.88. The van der Waals surface area contributed by atoms with Gasteiger partial charge < -0.3 is 16.0 Å². The number of rotatable bonds is 8. The van der Waals surface area contributed by atoms with E-state index in [0.29, 0.717) is 24.6 Å². The lowest BCUT2D eigenvalue weighted by atomic mass is 10.2. The quantitative estimate of drug-likeness (QED) is 0.518. The first kappa shape index (κ1) is 19.3. The Morgan fingerprint density at radius 1 is 1.18 bits per heavy atom. The molecule has 9 nitrogen and oxygen atoms in total. The molecule has 2 amide bonds. The van der Waals surface area contributed by atoms with Crippen LogP contribution in [-0.4, -0.2) is 44.3 Å². The lowest BCUT2D eigenvalue weighted by Crippen LogP contribution is -2.30. The monoisotopic (exact) mass is 380 g/mol. The number of amides is 2. The van der Waals surface area contributed by atoms with Crippen LogP contribution >= 0.6 is 0 Å². The third-order valence-corrected chi connectivity index (χ3v) is 3.97. The zero-order valence-corrected chi connectivity index (χ0v) is 16.0. The summed E-state index contributed by atoms with van der Waals surface area (Å²) in [6.07, 6.45) is 2.60. The average molecular weight is 380 g/mol. The summed E-state index contributed by atoms with van der Waals surface area (Å²) >= 11 is 0. The minimum absolute atomic E-state index is 0.254. The molecule has 1 aromatic carbocycles. The maximum Gasteiger partial charge on any atom is 0.319 e. The summed E-state index contributed by atoms with van der Waals surface area (Å²) in [5, 5.41) is 21.1. The van der Waals surface area contributed by atoms with Crippen LogP contribution in [0.5, 0.6) is 0 Å². The minimum atomic E-state index is -0.254. The molecule has 0 bridgehead atoms. The van der Waals surface area contributed by atoms with Gasteiger partial charge in [0.05, 0.1) is 6.54 Å². The van der Waals surface area contributed by atoms with Crippen LogP contribution in [0.25, 0.3) is 11.4 Å². The number of carbonyl (C=O) groups is 1. The van der Waals surface area contributed by atoms with Crippen LogP contribution in [0.15, 0.2) is 42.6 Å². The number of anilines is 2. The molecule has 0 saturated heterocycles. The van der Waals surface area contributed by atoms with E-state index in [-0.39, 0.29) is 6.03 Å². The van der Waals surface area contributed by atoms with Gasteiger partial charge in [-0.25, -0.2) is 9.78 Å². The SMILES string of the molecule is CCn1nnc(-c2cccc(NC(=O)NCCCNc3ccc(C)cn3)c2)n1. The van der Waals surface area contributed by atoms with Gasteiger partial charge in [0.1, 0.15) is 5.82 Å². The number of hydrogen-bond acceptors (Lipinski definition) is 6. The van der Waals surface area contributed by atoms with E-state index < -0.39 is 0 Å². The standard InChI is InChI=1S/C19H24N8O/c1-3-27-25-18(24-26-27)15-6-4-7-16(12-15)23-19(28)21-11-5-10-20-17-9-8-14(2)13-22-17/h4,6-9,12-13H,3,5,10-11H2,1-2H3,(H,20,22)(H2,21,23,28). The van der Waals surface area contributed by atoms with Gasteiger partial charge in [-0.15, -0.1) is 10.2 Å². The maximum atomic E-state index is 12.1. The second kappa shape index (κ2) is 9.45. The molecule has 2 aromatic heterocycles. The summed E-state index contributed by atoms with van der Waals surface area (Å²) in [4.78, 5) is 17.9. The lowest BCUT2D eigenvalue weighted by molar-refractivity contribution is 0.252. The fraction of sp³-hybridized carbons (Fsp3) is 0.316. The van der Waals surface area contributed by atoms with Gasteiger partial charge in [-0.1, -0.05) is 18.2 Å². The molecule has 3 aromatic rings. The highest BCUT2D eigenvalue weighted by molar-refractivity contribution is 5.89. The minimum Gasteiger partial charge on any atom is -0.370 e. The predicted molar refractivity (Wildman–Crippen MR) is 108 cm³/mol. The summed E-state index contributed by atoms with van der Waals surface area (Å²) < 4.78 is 0. The number of aromatic nitrogens is 5. The van der Waals surface area contributed by atoms with E-state index in [0.717, 1.165) is 29.9 Å². The summed E-state index contributed by atoms with van der Waals surface area (Å²) in [6, 6.07) is 11.1. The van der Waals surface area contributed by atoms with Crippen molar-refractivity contribution < 1.29 is 4.79 Å². The van der Waals surface area contributed by atoms with Crippen molar-refractivity contribution >= 4 is 17.5 Å². The van der Waals surface area contributed by atoms with Crippen molar-refractivity contribution in [2.24, 2.45) is 0 Å². The Bertz CT molecular complexity index is 906. The second-order valence-electron chi connectivity index (χ2n) is 6.26. The molecule has 0 aliphatic rings. The number of aryl methyl sites for hydroxylation is 2. The van der Waals surface area contributed by atoms with E-state index in [1.807, 2.05) is 56.4 Å². The molecule has 0 unspecified atom stereocenters. The van der Waals surface area contributed by atoms with Crippen molar-refractivity contribution in [1.82, 2.24) is 30.5 Å². The predicted octanol–water partition coefficient (Wildman–Crippen LogP) is 2.69. The normalized spacial score (nSPS) is 10.5. The van der Waals surface area contributed by atoms with E-state index in [1.165, 1.54) is 4.80 Å². The number of nitrogens with one attached hydrogen (secondary N) is 3. The van der Waals surface area contributed by atoms with Crippen molar-refractivity contribution in [2.45, 2.75) is 26.8 Å². The summed E-state index contributed by atoms with van der Waals surface area (Å²) in [5.74, 6) is 1.36. The lowest BCUT2D eigenvalue weighted by Gasteiger charge is -2.09. The highest BCUT2D eigenvalue weighted by Crippen LogP contribution is 2.18. The number of pyridine rings is 1. The maximum absolute atomic E-state index is 12.1. The number of carbonyl (C=O) groups excluding carboxylic acids is 1. The number of urea groups is 1. The van der Waals surface area contributed by atoms with Gasteiger partial charge in [0, 0.05) is 30.5 Å². The average Bonchev–Trinajstić information content (AvgIpc) is 3.19. The van der Waals surface area contributed by atoms with Gasteiger partial charge in [-0.05, 0) is 49.2 Å². The molecule has 0 aliphatic carbocycles. The molecular weight excluding hydrogens is 356 g/mol.